The standard InChI is InChI=1S/C19H28O4/c1-19(2)13-15(10-12-23-19)17(5-4-11-20)18(21)14-6-8-16(22-3)9-7-14/h6-9,15,17,20H,4-5,10-13H2,1-3H3. The molecule has 0 aliphatic carbocycles. The van der Waals surface area contributed by atoms with Crippen molar-refractivity contribution in [3.63, 3.8) is 0 Å². The third-order valence-corrected chi connectivity index (χ3v) is 4.69. The highest BCUT2D eigenvalue weighted by Gasteiger charge is 2.36. The topological polar surface area (TPSA) is 55.8 Å². The zero-order valence-corrected chi connectivity index (χ0v) is 14.4. The third kappa shape index (κ3) is 4.79. The van der Waals surface area contributed by atoms with Crippen LogP contribution in [0.25, 0.3) is 0 Å². The Hall–Kier alpha value is -1.39. The number of hydrogen-bond donors (Lipinski definition) is 1. The summed E-state index contributed by atoms with van der Waals surface area (Å²) in [6.07, 6.45) is 3.17. The molecule has 4 nitrogen and oxygen atoms in total. The van der Waals surface area contributed by atoms with E-state index in [1.807, 2.05) is 24.3 Å². The summed E-state index contributed by atoms with van der Waals surface area (Å²) < 4.78 is 10.9. The zero-order chi connectivity index (χ0) is 16.9. The first-order chi connectivity index (χ1) is 11.0. The summed E-state index contributed by atoms with van der Waals surface area (Å²) in [6, 6.07) is 7.31. The predicted octanol–water partition coefficient (Wildman–Crippen LogP) is 3.47. The Balaban J connectivity index is 2.17. The second kappa shape index (κ2) is 7.93. The van der Waals surface area contributed by atoms with E-state index >= 15 is 0 Å². The van der Waals surface area contributed by atoms with Gasteiger partial charge in [-0.05, 0) is 69.7 Å². The van der Waals surface area contributed by atoms with E-state index < -0.39 is 0 Å². The molecular weight excluding hydrogens is 292 g/mol. The number of ether oxygens (including phenoxy) is 2. The number of ketones is 1. The Bertz CT molecular complexity index is 507. The van der Waals surface area contributed by atoms with E-state index in [2.05, 4.69) is 13.8 Å². The van der Waals surface area contributed by atoms with Crippen LogP contribution in [0.1, 0.15) is 49.9 Å². The van der Waals surface area contributed by atoms with Gasteiger partial charge in [0.25, 0.3) is 0 Å². The Morgan fingerprint density at radius 1 is 1.39 bits per heavy atom. The molecule has 1 aromatic rings. The number of rotatable bonds is 7. The first kappa shape index (κ1) is 18.0. The van der Waals surface area contributed by atoms with Gasteiger partial charge in [0.15, 0.2) is 5.78 Å². The van der Waals surface area contributed by atoms with Gasteiger partial charge >= 0.3 is 0 Å². The predicted molar refractivity (Wildman–Crippen MR) is 89.9 cm³/mol. The monoisotopic (exact) mass is 320 g/mol. The molecule has 0 saturated carbocycles. The number of Topliss-reactive ketones (excluding diaryl/α,β-unsaturated/α-hetero) is 1. The summed E-state index contributed by atoms with van der Waals surface area (Å²) in [5, 5.41) is 9.18. The molecule has 1 N–H and O–H groups in total. The number of hydrogen-bond acceptors (Lipinski definition) is 4. The Morgan fingerprint density at radius 3 is 2.65 bits per heavy atom. The van der Waals surface area contributed by atoms with Gasteiger partial charge in [-0.3, -0.25) is 4.79 Å². The van der Waals surface area contributed by atoms with Gasteiger partial charge in [-0.1, -0.05) is 0 Å². The fraction of sp³-hybridized carbons (Fsp3) is 0.632. The lowest BCUT2D eigenvalue weighted by Crippen LogP contribution is -2.39. The molecule has 4 heteroatoms. The second-order valence-corrected chi connectivity index (χ2v) is 6.93. The van der Waals surface area contributed by atoms with Crippen molar-refractivity contribution < 1.29 is 19.4 Å². The smallest absolute Gasteiger partial charge is 0.166 e. The maximum Gasteiger partial charge on any atom is 0.166 e. The van der Waals surface area contributed by atoms with E-state index in [1.54, 1.807) is 7.11 Å². The van der Waals surface area contributed by atoms with Crippen LogP contribution >= 0.6 is 0 Å². The summed E-state index contributed by atoms with van der Waals surface area (Å²) in [5.41, 5.74) is 0.540. The van der Waals surface area contributed by atoms with Gasteiger partial charge in [0.05, 0.1) is 12.7 Å². The second-order valence-electron chi connectivity index (χ2n) is 6.93. The fourth-order valence-electron chi connectivity index (χ4n) is 3.48. The number of methoxy groups -OCH3 is 1. The molecule has 0 bridgehead atoms. The van der Waals surface area contributed by atoms with Gasteiger partial charge in [-0.25, -0.2) is 0 Å². The lowest BCUT2D eigenvalue weighted by molar-refractivity contribution is -0.0803. The van der Waals surface area contributed by atoms with Crippen LogP contribution in [0.4, 0.5) is 0 Å². The Labute approximate surface area is 138 Å². The van der Waals surface area contributed by atoms with Crippen molar-refractivity contribution in [2.75, 3.05) is 20.3 Å². The van der Waals surface area contributed by atoms with Crippen LogP contribution in [-0.2, 0) is 4.74 Å². The highest BCUT2D eigenvalue weighted by Crippen LogP contribution is 2.37. The maximum atomic E-state index is 13.0. The molecular formula is C19H28O4. The molecule has 1 aliphatic rings. The van der Waals surface area contributed by atoms with Crippen molar-refractivity contribution in [2.45, 2.75) is 45.1 Å². The number of carbonyl (C=O) groups excluding carboxylic acids is 1. The molecule has 128 valence electrons. The highest BCUT2D eigenvalue weighted by molar-refractivity contribution is 5.98. The van der Waals surface area contributed by atoms with Crippen LogP contribution in [0.3, 0.4) is 0 Å². The van der Waals surface area contributed by atoms with Crippen molar-refractivity contribution in [1.29, 1.82) is 0 Å². The van der Waals surface area contributed by atoms with E-state index in [0.717, 1.165) is 30.6 Å². The normalized spacial score (nSPS) is 21.7. The molecule has 2 atom stereocenters. The van der Waals surface area contributed by atoms with Crippen LogP contribution in [0.5, 0.6) is 5.75 Å². The Morgan fingerprint density at radius 2 is 2.09 bits per heavy atom. The van der Waals surface area contributed by atoms with Crippen LogP contribution in [0.2, 0.25) is 0 Å². The molecule has 1 aromatic carbocycles. The quantitative estimate of drug-likeness (QED) is 0.782. The molecule has 1 aliphatic heterocycles. The number of aliphatic hydroxyl groups is 1. The van der Waals surface area contributed by atoms with Gasteiger partial charge in [0.1, 0.15) is 5.75 Å². The first-order valence-electron chi connectivity index (χ1n) is 8.40. The van der Waals surface area contributed by atoms with Gasteiger partial charge in [0, 0.05) is 24.7 Å². The van der Waals surface area contributed by atoms with E-state index in [0.29, 0.717) is 18.9 Å². The summed E-state index contributed by atoms with van der Waals surface area (Å²) in [5.74, 6) is 1.17. The first-order valence-corrected chi connectivity index (χ1v) is 8.40. The molecule has 1 heterocycles. The minimum Gasteiger partial charge on any atom is -0.497 e. The molecule has 1 saturated heterocycles. The van der Waals surface area contributed by atoms with E-state index in [1.165, 1.54) is 0 Å². The summed E-state index contributed by atoms with van der Waals surface area (Å²) in [7, 11) is 1.62. The van der Waals surface area contributed by atoms with Gasteiger partial charge in [-0.2, -0.15) is 0 Å². The Kier molecular flexibility index (Phi) is 6.19. The minimum atomic E-state index is -0.180. The molecule has 1 fully saturated rings. The van der Waals surface area contributed by atoms with Crippen LogP contribution in [-0.4, -0.2) is 36.8 Å². The maximum absolute atomic E-state index is 13.0. The molecule has 23 heavy (non-hydrogen) atoms. The molecule has 0 amide bonds. The number of carbonyl (C=O) groups is 1. The average molecular weight is 320 g/mol. The molecule has 2 rings (SSSR count). The zero-order valence-electron chi connectivity index (χ0n) is 14.4. The molecule has 0 aromatic heterocycles. The molecule has 0 spiro atoms. The number of benzene rings is 1. The van der Waals surface area contributed by atoms with Crippen LogP contribution < -0.4 is 4.74 Å². The fourth-order valence-corrected chi connectivity index (χ4v) is 3.48. The van der Waals surface area contributed by atoms with Crippen molar-refractivity contribution in [2.24, 2.45) is 11.8 Å². The van der Waals surface area contributed by atoms with E-state index in [9.17, 15) is 9.90 Å². The van der Waals surface area contributed by atoms with E-state index in [4.69, 9.17) is 9.47 Å². The van der Waals surface area contributed by atoms with Gasteiger partial charge in [-0.15, -0.1) is 0 Å². The summed E-state index contributed by atoms with van der Waals surface area (Å²) in [6.45, 7) is 4.99. The summed E-state index contributed by atoms with van der Waals surface area (Å²) in [4.78, 5) is 13.0. The van der Waals surface area contributed by atoms with Crippen molar-refractivity contribution in [3.8, 4) is 5.75 Å². The lowest BCUT2D eigenvalue weighted by atomic mass is 9.74. The minimum absolute atomic E-state index is 0.0567. The van der Waals surface area contributed by atoms with Crippen molar-refractivity contribution in [3.05, 3.63) is 29.8 Å². The summed E-state index contributed by atoms with van der Waals surface area (Å²) >= 11 is 0. The van der Waals surface area contributed by atoms with Crippen LogP contribution in [0.15, 0.2) is 24.3 Å². The number of aliphatic hydroxyl groups excluding tert-OH is 1. The molecule has 2 unspecified atom stereocenters. The highest BCUT2D eigenvalue weighted by atomic mass is 16.5. The molecule has 0 radical (unpaired) electrons. The largest absolute Gasteiger partial charge is 0.497 e. The van der Waals surface area contributed by atoms with Crippen LogP contribution in [0, 0.1) is 11.8 Å². The lowest BCUT2D eigenvalue weighted by Gasteiger charge is -2.38. The average Bonchev–Trinajstić information content (AvgIpc) is 2.54. The van der Waals surface area contributed by atoms with Crippen molar-refractivity contribution in [1.82, 2.24) is 0 Å². The SMILES string of the molecule is COc1ccc(C(=O)C(CCCO)C2CCOC(C)(C)C2)cc1. The van der Waals surface area contributed by atoms with Gasteiger partial charge < -0.3 is 14.6 Å². The van der Waals surface area contributed by atoms with Gasteiger partial charge in [0.2, 0.25) is 0 Å². The van der Waals surface area contributed by atoms with Crippen molar-refractivity contribution >= 4 is 5.78 Å². The third-order valence-electron chi connectivity index (χ3n) is 4.69. The van der Waals surface area contributed by atoms with E-state index in [-0.39, 0.29) is 23.9 Å².